The lowest BCUT2D eigenvalue weighted by molar-refractivity contribution is 0.290. The van der Waals surface area contributed by atoms with Crippen LogP contribution in [0.5, 0.6) is 5.75 Å². The van der Waals surface area contributed by atoms with E-state index in [9.17, 15) is 14.8 Å². The van der Waals surface area contributed by atoms with Crippen molar-refractivity contribution in [1.82, 2.24) is 4.98 Å². The first-order chi connectivity index (χ1) is 11.5. The number of fused-ring (bicyclic) bond motifs is 1. The lowest BCUT2D eigenvalue weighted by Crippen LogP contribution is -2.09. The molecule has 2 aromatic carbocycles. The summed E-state index contributed by atoms with van der Waals surface area (Å²) in [4.78, 5) is 4.22. The Labute approximate surface area is 141 Å². The molecule has 3 aromatic rings. The number of ether oxygens (including phenoxy) is 1. The van der Waals surface area contributed by atoms with Gasteiger partial charge in [0.15, 0.2) is 0 Å². The third-order valence-electron chi connectivity index (χ3n) is 3.45. The molecule has 0 spiro atoms. The van der Waals surface area contributed by atoms with E-state index in [1.807, 2.05) is 0 Å². The van der Waals surface area contributed by atoms with Gasteiger partial charge in [-0.05, 0) is 41.8 Å². The fourth-order valence-corrected chi connectivity index (χ4v) is 2.49. The van der Waals surface area contributed by atoms with Gasteiger partial charge in [-0.1, -0.05) is 11.6 Å². The maximum atomic E-state index is 13.3. The molecule has 0 saturated carbocycles. The summed E-state index contributed by atoms with van der Waals surface area (Å²) in [6, 6.07) is 8.96. The Hall–Kier alpha value is -2.61. The molecule has 0 amide bonds. The largest absolute Gasteiger partial charge is 0.733 e. The van der Waals surface area contributed by atoms with Crippen LogP contribution in [0.2, 0.25) is 5.02 Å². The van der Waals surface area contributed by atoms with E-state index in [-0.39, 0.29) is 21.7 Å². The van der Waals surface area contributed by atoms with Gasteiger partial charge in [-0.3, -0.25) is 5.21 Å². The topological polar surface area (TPSA) is 80.7 Å². The van der Waals surface area contributed by atoms with E-state index in [1.54, 1.807) is 18.3 Å². The zero-order valence-corrected chi connectivity index (χ0v) is 13.2. The molecule has 1 aromatic heterocycles. The summed E-state index contributed by atoms with van der Waals surface area (Å²) >= 11 is 5.77. The molecule has 0 aliphatic heterocycles. The van der Waals surface area contributed by atoms with Gasteiger partial charge < -0.3 is 20.5 Å². The molecule has 0 aliphatic carbocycles. The van der Waals surface area contributed by atoms with Gasteiger partial charge in [0.1, 0.15) is 17.4 Å². The van der Waals surface area contributed by atoms with Crippen LogP contribution in [-0.2, 0) is 0 Å². The number of hydrogen-bond donors (Lipinski definition) is 2. The Kier molecular flexibility index (Phi) is 4.39. The van der Waals surface area contributed by atoms with Crippen molar-refractivity contribution in [3.8, 4) is 5.75 Å². The average Bonchev–Trinajstić information content (AvgIpc) is 2.57. The van der Waals surface area contributed by atoms with Crippen molar-refractivity contribution in [3.63, 3.8) is 0 Å². The number of aromatic nitrogens is 1. The normalized spacial score (nSPS) is 10.7. The quantitative estimate of drug-likeness (QED) is 0.677. The molecule has 0 radical (unpaired) electrons. The molecule has 124 valence electrons. The number of anilines is 3. The number of hydrogen-bond acceptors (Lipinski definition) is 6. The van der Waals surface area contributed by atoms with E-state index >= 15 is 0 Å². The van der Waals surface area contributed by atoms with Crippen LogP contribution in [0.1, 0.15) is 0 Å². The second kappa shape index (κ2) is 6.48. The Bertz CT molecular complexity index is 905. The van der Waals surface area contributed by atoms with Crippen molar-refractivity contribution in [2.24, 2.45) is 0 Å². The lowest BCUT2D eigenvalue weighted by atomic mass is 10.1. The van der Waals surface area contributed by atoms with Crippen molar-refractivity contribution >= 4 is 39.6 Å². The van der Waals surface area contributed by atoms with Crippen LogP contribution in [0.25, 0.3) is 10.8 Å². The van der Waals surface area contributed by atoms with Gasteiger partial charge in [0.05, 0.1) is 17.8 Å². The van der Waals surface area contributed by atoms with Gasteiger partial charge in [0.25, 0.3) is 0 Å². The molecule has 24 heavy (non-hydrogen) atoms. The van der Waals surface area contributed by atoms with Crippen molar-refractivity contribution in [2.45, 2.75) is 0 Å². The van der Waals surface area contributed by atoms with E-state index in [4.69, 9.17) is 16.3 Å². The highest BCUT2D eigenvalue weighted by Gasteiger charge is 2.11. The lowest BCUT2D eigenvalue weighted by Gasteiger charge is -2.24. The number of methoxy groups -OCH3 is 1. The summed E-state index contributed by atoms with van der Waals surface area (Å²) in [6.07, 6.45) is 1.57. The maximum absolute atomic E-state index is 13.3. The first-order valence-electron chi connectivity index (χ1n) is 6.84. The summed E-state index contributed by atoms with van der Waals surface area (Å²) in [7, 11) is 1.40. The summed E-state index contributed by atoms with van der Waals surface area (Å²) < 4.78 is 18.4. The van der Waals surface area contributed by atoms with Crippen molar-refractivity contribution in [1.29, 1.82) is 0 Å². The molecule has 0 saturated heterocycles. The van der Waals surface area contributed by atoms with Crippen LogP contribution >= 0.6 is 11.6 Å². The van der Waals surface area contributed by atoms with Crippen LogP contribution < -0.4 is 15.3 Å². The first kappa shape index (κ1) is 16.3. The standard InChI is InChI=1S/C16H12ClFN3O3/c1-24-15-6-9-4-5-19-16(11(9)8-14(15)21(22)23)20-10-2-3-13(18)12(17)7-10/h2-8,22H,1H3,(H,19,20)/q-1. The molecule has 2 N–H and O–H groups in total. The second-order valence-corrected chi connectivity index (χ2v) is 5.34. The molecule has 8 heteroatoms. The maximum Gasteiger partial charge on any atom is 0.144 e. The van der Waals surface area contributed by atoms with E-state index in [2.05, 4.69) is 10.3 Å². The van der Waals surface area contributed by atoms with Crippen LogP contribution in [0.3, 0.4) is 0 Å². The molecule has 1 heterocycles. The summed E-state index contributed by atoms with van der Waals surface area (Å²) in [5, 5.41) is 24.6. The highest BCUT2D eigenvalue weighted by atomic mass is 35.5. The number of nitrogens with one attached hydrogen (secondary N) is 1. The molecule has 6 nitrogen and oxygen atoms in total. The fourth-order valence-electron chi connectivity index (χ4n) is 2.31. The second-order valence-electron chi connectivity index (χ2n) is 4.93. The summed E-state index contributed by atoms with van der Waals surface area (Å²) in [5.41, 5.74) is 0.472. The third kappa shape index (κ3) is 3.05. The van der Waals surface area contributed by atoms with E-state index in [0.29, 0.717) is 16.9 Å². The fraction of sp³-hybridized carbons (Fsp3) is 0.0625. The Morgan fingerprint density at radius 3 is 2.75 bits per heavy atom. The molecule has 0 aliphatic rings. The number of benzene rings is 2. The minimum absolute atomic E-state index is 0.0244. The van der Waals surface area contributed by atoms with Crippen LogP contribution in [0.15, 0.2) is 42.6 Å². The SMILES string of the molecule is COc1cc2ccnc(Nc3ccc(F)c(Cl)c3)c2cc1N([O-])O. The van der Waals surface area contributed by atoms with Gasteiger partial charge in [-0.15, -0.1) is 0 Å². The van der Waals surface area contributed by atoms with Crippen molar-refractivity contribution in [3.05, 3.63) is 58.6 Å². The zero-order chi connectivity index (χ0) is 17.3. The molecular weight excluding hydrogens is 337 g/mol. The first-order valence-corrected chi connectivity index (χ1v) is 7.22. The predicted octanol–water partition coefficient (Wildman–Crippen LogP) is 4.47. The van der Waals surface area contributed by atoms with Crippen LogP contribution in [0, 0.1) is 11.0 Å². The summed E-state index contributed by atoms with van der Waals surface area (Å²) in [6.45, 7) is 0. The molecule has 0 fully saturated rings. The van der Waals surface area contributed by atoms with Crippen LogP contribution in [-0.4, -0.2) is 17.3 Å². The highest BCUT2D eigenvalue weighted by molar-refractivity contribution is 6.31. The highest BCUT2D eigenvalue weighted by Crippen LogP contribution is 2.35. The van der Waals surface area contributed by atoms with E-state index < -0.39 is 5.82 Å². The Morgan fingerprint density at radius 2 is 2.08 bits per heavy atom. The zero-order valence-electron chi connectivity index (χ0n) is 12.5. The number of rotatable bonds is 4. The molecule has 0 bridgehead atoms. The average molecular weight is 349 g/mol. The molecule has 0 atom stereocenters. The monoisotopic (exact) mass is 348 g/mol. The van der Waals surface area contributed by atoms with E-state index in [0.717, 1.165) is 5.39 Å². The third-order valence-corrected chi connectivity index (χ3v) is 3.74. The van der Waals surface area contributed by atoms with Gasteiger partial charge in [0.2, 0.25) is 0 Å². The van der Waals surface area contributed by atoms with Crippen molar-refractivity contribution < 1.29 is 14.3 Å². The van der Waals surface area contributed by atoms with Gasteiger partial charge >= 0.3 is 0 Å². The molecule has 3 rings (SSSR count). The van der Waals surface area contributed by atoms with E-state index in [1.165, 1.54) is 31.4 Å². The van der Waals surface area contributed by atoms with Crippen molar-refractivity contribution in [2.75, 3.05) is 17.7 Å². The van der Waals surface area contributed by atoms with Gasteiger partial charge in [-0.2, -0.15) is 0 Å². The number of halogens is 2. The Balaban J connectivity index is 2.10. The van der Waals surface area contributed by atoms with Gasteiger partial charge in [0, 0.05) is 17.3 Å². The summed E-state index contributed by atoms with van der Waals surface area (Å²) in [5.74, 6) is 0.116. The minimum Gasteiger partial charge on any atom is -0.733 e. The Morgan fingerprint density at radius 1 is 1.29 bits per heavy atom. The number of pyridine rings is 1. The number of nitrogens with zero attached hydrogens (tertiary/aromatic N) is 2. The minimum atomic E-state index is -0.526. The molecular formula is C16H12ClFN3O3-. The molecule has 0 unspecified atom stereocenters. The predicted molar refractivity (Wildman–Crippen MR) is 90.6 cm³/mol. The smallest absolute Gasteiger partial charge is 0.144 e. The van der Waals surface area contributed by atoms with Crippen LogP contribution in [0.4, 0.5) is 21.6 Å². The van der Waals surface area contributed by atoms with Gasteiger partial charge in [-0.25, -0.2) is 9.37 Å².